The summed E-state index contributed by atoms with van der Waals surface area (Å²) < 4.78 is 6.51. The van der Waals surface area contributed by atoms with Crippen molar-refractivity contribution in [3.8, 4) is 0 Å². The average Bonchev–Trinajstić information content (AvgIpc) is 2.66. The molecule has 3 N–H and O–H groups in total. The van der Waals surface area contributed by atoms with Gasteiger partial charge < -0.3 is 15.6 Å². The van der Waals surface area contributed by atoms with Gasteiger partial charge in [-0.05, 0) is 18.6 Å². The van der Waals surface area contributed by atoms with Crippen LogP contribution in [0.2, 0.25) is 0 Å². The van der Waals surface area contributed by atoms with Crippen LogP contribution in [0.15, 0.2) is 18.3 Å². The van der Waals surface area contributed by atoms with E-state index in [0.717, 1.165) is 5.56 Å². The number of nitrogens with two attached hydrogens (primary N) is 1. The summed E-state index contributed by atoms with van der Waals surface area (Å²) in [5, 5.41) is 9.06. The number of fused-ring (bicyclic) bond motifs is 1. The maximum Gasteiger partial charge on any atom is 0.312 e. The minimum absolute atomic E-state index is 0.0514. The monoisotopic (exact) mass is 249 g/mol. The fraction of sp³-hybridized carbons (Fsp3) is 0.333. The number of anilines is 1. The van der Waals surface area contributed by atoms with Crippen LogP contribution in [-0.4, -0.2) is 27.1 Å². The zero-order valence-electron chi connectivity index (χ0n) is 10.1. The van der Waals surface area contributed by atoms with Crippen molar-refractivity contribution < 1.29 is 14.6 Å². The summed E-state index contributed by atoms with van der Waals surface area (Å²) in [7, 11) is 0. The summed E-state index contributed by atoms with van der Waals surface area (Å²) in [4.78, 5) is 15.7. The summed E-state index contributed by atoms with van der Waals surface area (Å²) in [5.41, 5.74) is 7.78. The quantitative estimate of drug-likeness (QED) is 0.771. The number of esters is 1. The van der Waals surface area contributed by atoms with E-state index < -0.39 is 0 Å². The summed E-state index contributed by atoms with van der Waals surface area (Å²) in [6.07, 6.45) is 1.75. The molecule has 0 radical (unpaired) electrons. The van der Waals surface area contributed by atoms with Crippen molar-refractivity contribution in [2.45, 2.75) is 20.0 Å². The largest absolute Gasteiger partial charge is 0.466 e. The molecule has 0 aliphatic heterocycles. The average molecular weight is 249 g/mol. The molecule has 2 heterocycles. The topological polar surface area (TPSA) is 89.8 Å². The Bertz CT molecular complexity index is 577. The molecule has 0 amide bonds. The Morgan fingerprint density at radius 1 is 1.56 bits per heavy atom. The van der Waals surface area contributed by atoms with Gasteiger partial charge in [-0.15, -0.1) is 0 Å². The number of imidazole rings is 1. The van der Waals surface area contributed by atoms with Crippen molar-refractivity contribution in [3.63, 3.8) is 0 Å². The Morgan fingerprint density at radius 3 is 3.00 bits per heavy atom. The lowest BCUT2D eigenvalue weighted by molar-refractivity contribution is -0.142. The van der Waals surface area contributed by atoms with Crippen LogP contribution in [-0.2, 0) is 22.6 Å². The van der Waals surface area contributed by atoms with Gasteiger partial charge in [0.05, 0.1) is 25.3 Å². The third-order valence-electron chi connectivity index (χ3n) is 2.59. The van der Waals surface area contributed by atoms with Gasteiger partial charge in [0.1, 0.15) is 11.5 Å². The van der Waals surface area contributed by atoms with Gasteiger partial charge in [-0.1, -0.05) is 6.07 Å². The lowest BCUT2D eigenvalue weighted by Gasteiger charge is -2.01. The predicted octanol–water partition coefficient (Wildman–Crippen LogP) is 0.514. The first-order chi connectivity index (χ1) is 8.65. The van der Waals surface area contributed by atoms with Crippen molar-refractivity contribution in [1.29, 1.82) is 0 Å². The van der Waals surface area contributed by atoms with Crippen molar-refractivity contribution in [2.24, 2.45) is 0 Å². The van der Waals surface area contributed by atoms with E-state index in [-0.39, 0.29) is 19.0 Å². The van der Waals surface area contributed by atoms with Gasteiger partial charge in [-0.3, -0.25) is 9.20 Å². The van der Waals surface area contributed by atoms with Crippen molar-refractivity contribution in [1.82, 2.24) is 9.38 Å². The van der Waals surface area contributed by atoms with E-state index >= 15 is 0 Å². The molecule has 0 aliphatic rings. The van der Waals surface area contributed by atoms with Crippen LogP contribution in [0, 0.1) is 0 Å². The highest BCUT2D eigenvalue weighted by Gasteiger charge is 2.13. The van der Waals surface area contributed by atoms with E-state index in [4.69, 9.17) is 15.6 Å². The van der Waals surface area contributed by atoms with Crippen LogP contribution in [0.1, 0.15) is 18.2 Å². The number of ether oxygens (including phenoxy) is 1. The molecule has 0 spiro atoms. The van der Waals surface area contributed by atoms with Gasteiger partial charge in [0.25, 0.3) is 0 Å². The van der Waals surface area contributed by atoms with E-state index in [0.29, 0.717) is 23.8 Å². The SMILES string of the molecule is CCOC(=O)Cc1nc2ccc(CO)cn2c1N. The number of aromatic nitrogens is 2. The van der Waals surface area contributed by atoms with Gasteiger partial charge >= 0.3 is 5.97 Å². The van der Waals surface area contributed by atoms with E-state index in [1.165, 1.54) is 0 Å². The molecule has 0 aliphatic carbocycles. The van der Waals surface area contributed by atoms with Gasteiger partial charge in [0.15, 0.2) is 0 Å². The number of carbonyl (C=O) groups excluding carboxylic acids is 1. The highest BCUT2D eigenvalue weighted by Crippen LogP contribution is 2.17. The fourth-order valence-corrected chi connectivity index (χ4v) is 1.73. The molecule has 6 nitrogen and oxygen atoms in total. The Kier molecular flexibility index (Phi) is 3.47. The highest BCUT2D eigenvalue weighted by molar-refractivity contribution is 5.74. The molecule has 0 aromatic carbocycles. The second-order valence-electron chi connectivity index (χ2n) is 3.85. The van der Waals surface area contributed by atoms with Crippen LogP contribution in [0.3, 0.4) is 0 Å². The maximum atomic E-state index is 11.4. The summed E-state index contributed by atoms with van der Waals surface area (Å²) in [5.74, 6) is 0.0448. The molecule has 0 bridgehead atoms. The third-order valence-corrected chi connectivity index (χ3v) is 2.59. The number of aliphatic hydroxyl groups is 1. The van der Waals surface area contributed by atoms with E-state index in [9.17, 15) is 4.79 Å². The van der Waals surface area contributed by atoms with Crippen molar-refractivity contribution >= 4 is 17.4 Å². The van der Waals surface area contributed by atoms with Crippen LogP contribution in [0.4, 0.5) is 5.82 Å². The third kappa shape index (κ3) is 2.28. The van der Waals surface area contributed by atoms with Gasteiger partial charge in [0, 0.05) is 6.20 Å². The predicted molar refractivity (Wildman–Crippen MR) is 65.9 cm³/mol. The number of nitrogens with zero attached hydrogens (tertiary/aromatic N) is 2. The molecule has 2 rings (SSSR count). The van der Waals surface area contributed by atoms with E-state index in [1.54, 1.807) is 29.7 Å². The molecule has 0 atom stereocenters. The normalized spacial score (nSPS) is 10.8. The van der Waals surface area contributed by atoms with Crippen LogP contribution in [0.25, 0.3) is 5.65 Å². The number of aliphatic hydroxyl groups excluding tert-OH is 1. The molecule has 0 saturated heterocycles. The van der Waals surface area contributed by atoms with Crippen molar-refractivity contribution in [3.05, 3.63) is 29.6 Å². The number of hydrogen-bond donors (Lipinski definition) is 2. The Balaban J connectivity index is 2.35. The molecule has 0 saturated carbocycles. The number of carbonyl (C=O) groups is 1. The molecular weight excluding hydrogens is 234 g/mol. The molecular formula is C12H15N3O3. The molecule has 0 unspecified atom stereocenters. The van der Waals surface area contributed by atoms with Crippen LogP contribution >= 0.6 is 0 Å². The van der Waals surface area contributed by atoms with E-state index in [2.05, 4.69) is 4.98 Å². The molecule has 2 aromatic rings. The molecule has 96 valence electrons. The number of rotatable bonds is 4. The number of pyridine rings is 1. The van der Waals surface area contributed by atoms with Crippen LogP contribution < -0.4 is 5.73 Å². The zero-order chi connectivity index (χ0) is 13.1. The van der Waals surface area contributed by atoms with Crippen LogP contribution in [0.5, 0.6) is 0 Å². The first kappa shape index (κ1) is 12.4. The van der Waals surface area contributed by atoms with Crippen molar-refractivity contribution in [2.75, 3.05) is 12.3 Å². The first-order valence-electron chi connectivity index (χ1n) is 5.67. The lowest BCUT2D eigenvalue weighted by Crippen LogP contribution is -2.09. The Labute approximate surface area is 104 Å². The first-order valence-corrected chi connectivity index (χ1v) is 5.67. The molecule has 0 fully saturated rings. The molecule has 6 heteroatoms. The summed E-state index contributed by atoms with van der Waals surface area (Å²) >= 11 is 0. The van der Waals surface area contributed by atoms with Gasteiger partial charge in [-0.2, -0.15) is 0 Å². The fourth-order valence-electron chi connectivity index (χ4n) is 1.73. The smallest absolute Gasteiger partial charge is 0.312 e. The lowest BCUT2D eigenvalue weighted by atomic mass is 10.3. The zero-order valence-corrected chi connectivity index (χ0v) is 10.1. The van der Waals surface area contributed by atoms with Gasteiger partial charge in [-0.25, -0.2) is 4.98 Å². The maximum absolute atomic E-state index is 11.4. The standard InChI is InChI=1S/C12H15N3O3/c1-2-18-11(17)5-9-12(13)15-6-8(7-16)3-4-10(15)14-9/h3-4,6,16H,2,5,7,13H2,1H3. The molecule has 2 aromatic heterocycles. The molecule has 18 heavy (non-hydrogen) atoms. The number of hydrogen-bond acceptors (Lipinski definition) is 5. The minimum atomic E-state index is -0.352. The number of nitrogen functional groups attached to an aromatic ring is 1. The minimum Gasteiger partial charge on any atom is -0.466 e. The highest BCUT2D eigenvalue weighted by atomic mass is 16.5. The van der Waals surface area contributed by atoms with E-state index in [1.807, 2.05) is 0 Å². The summed E-state index contributed by atoms with van der Waals surface area (Å²) in [6, 6.07) is 3.51. The second-order valence-corrected chi connectivity index (χ2v) is 3.85. The Hall–Kier alpha value is -2.08. The Morgan fingerprint density at radius 2 is 2.33 bits per heavy atom. The second kappa shape index (κ2) is 5.05. The van der Waals surface area contributed by atoms with Gasteiger partial charge in [0.2, 0.25) is 0 Å². The summed E-state index contributed by atoms with van der Waals surface area (Å²) in [6.45, 7) is 2.01.